The molecule has 3 N–H and O–H groups in total. The molecule has 0 amide bonds. The summed E-state index contributed by atoms with van der Waals surface area (Å²) < 4.78 is 1.93. The van der Waals surface area contributed by atoms with Crippen LogP contribution < -0.4 is 11.2 Å². The molecule has 210 valence electrons. The van der Waals surface area contributed by atoms with E-state index in [0.29, 0.717) is 17.8 Å². The molecule has 0 radical (unpaired) electrons. The number of nitrogens with zero attached hydrogens (tertiary/aromatic N) is 4. The molecule has 1 aliphatic rings. The van der Waals surface area contributed by atoms with Gasteiger partial charge in [-0.15, -0.1) is 0 Å². The first-order valence-corrected chi connectivity index (χ1v) is 14.3. The summed E-state index contributed by atoms with van der Waals surface area (Å²) in [4.78, 5) is 46.2. The molecule has 4 heterocycles. The molecule has 7 rings (SSSR count). The summed E-state index contributed by atoms with van der Waals surface area (Å²) in [7, 11) is 0. The van der Waals surface area contributed by atoms with Crippen LogP contribution in [-0.2, 0) is 13.0 Å². The quantitative estimate of drug-likeness (QED) is 0.258. The normalized spacial score (nSPS) is 14.5. The first kappa shape index (κ1) is 25.9. The van der Waals surface area contributed by atoms with Gasteiger partial charge in [0, 0.05) is 55.1 Å². The highest BCUT2D eigenvalue weighted by Gasteiger charge is 2.24. The molecule has 1 fully saturated rings. The molecule has 0 saturated carbocycles. The number of fused-ring (bicyclic) bond motifs is 1. The highest BCUT2D eigenvalue weighted by atomic mass is 16.1. The number of H-pyrrole nitrogens is 3. The number of aromatic nitrogens is 6. The van der Waals surface area contributed by atoms with Crippen molar-refractivity contribution in [3.63, 3.8) is 0 Å². The van der Waals surface area contributed by atoms with Gasteiger partial charge in [0.05, 0.1) is 28.7 Å². The van der Waals surface area contributed by atoms with Crippen molar-refractivity contribution in [2.75, 3.05) is 13.1 Å². The smallest absolute Gasteiger partial charge is 0.326 e. The molecule has 3 aromatic heterocycles. The molecule has 3 aromatic carbocycles. The Bertz CT molecular complexity index is 1930. The van der Waals surface area contributed by atoms with Gasteiger partial charge in [-0.25, -0.2) is 14.8 Å². The fourth-order valence-corrected chi connectivity index (χ4v) is 5.99. The zero-order valence-electron chi connectivity index (χ0n) is 23.1. The molecule has 1 saturated heterocycles. The number of hydrogen-bond donors (Lipinski definition) is 3. The minimum Gasteiger partial charge on any atom is -0.348 e. The van der Waals surface area contributed by atoms with E-state index in [2.05, 4.69) is 49.1 Å². The summed E-state index contributed by atoms with van der Waals surface area (Å²) >= 11 is 0. The Kier molecular flexibility index (Phi) is 6.85. The van der Waals surface area contributed by atoms with Crippen LogP contribution in [0.5, 0.6) is 0 Å². The number of imidazole rings is 2. The predicted molar refractivity (Wildman–Crippen MR) is 163 cm³/mol. The van der Waals surface area contributed by atoms with Gasteiger partial charge in [0.15, 0.2) is 0 Å². The molecule has 1 aliphatic heterocycles. The van der Waals surface area contributed by atoms with Crippen molar-refractivity contribution in [2.45, 2.75) is 31.8 Å². The molecule has 9 nitrogen and oxygen atoms in total. The number of para-hydroxylation sites is 2. The number of benzene rings is 3. The fourth-order valence-electron chi connectivity index (χ4n) is 5.99. The predicted octanol–water partition coefficient (Wildman–Crippen LogP) is 4.90. The lowest BCUT2D eigenvalue weighted by Crippen LogP contribution is -2.36. The Morgan fingerprint density at radius 1 is 0.833 bits per heavy atom. The standard InChI is InChI=1S/C33H31N7O2/c41-32-28(18-25-19-34-21-35-25)36-30(23-6-2-1-3-7-23)31(38-32)24-12-10-22(11-13-24)20-39-16-14-26(15-17-39)40-29-9-5-4-8-27(29)37-33(40)42/h1-13,19,21,26H,14-18,20H2,(H,34,35)(H,37,42)(H,38,41). The summed E-state index contributed by atoms with van der Waals surface area (Å²) in [5, 5.41) is 0. The molecule has 9 heteroatoms. The Labute approximate surface area is 241 Å². The van der Waals surface area contributed by atoms with Crippen molar-refractivity contribution in [3.8, 4) is 22.5 Å². The van der Waals surface area contributed by atoms with Gasteiger partial charge in [0.25, 0.3) is 5.56 Å². The van der Waals surface area contributed by atoms with Gasteiger partial charge in [0.1, 0.15) is 5.69 Å². The van der Waals surface area contributed by atoms with Gasteiger partial charge in [-0.05, 0) is 30.5 Å². The van der Waals surface area contributed by atoms with Gasteiger partial charge in [-0.2, -0.15) is 0 Å². The summed E-state index contributed by atoms with van der Waals surface area (Å²) in [5.41, 5.74) is 7.42. The minimum atomic E-state index is -0.208. The van der Waals surface area contributed by atoms with E-state index >= 15 is 0 Å². The van der Waals surface area contributed by atoms with E-state index in [9.17, 15) is 9.59 Å². The largest absolute Gasteiger partial charge is 0.348 e. The van der Waals surface area contributed by atoms with E-state index in [1.165, 1.54) is 5.56 Å². The Hall–Kier alpha value is -5.02. The van der Waals surface area contributed by atoms with Crippen molar-refractivity contribution in [3.05, 3.63) is 129 Å². The van der Waals surface area contributed by atoms with Crippen LogP contribution >= 0.6 is 0 Å². The summed E-state index contributed by atoms with van der Waals surface area (Å²) in [6.07, 6.45) is 5.54. The maximum Gasteiger partial charge on any atom is 0.326 e. The average Bonchev–Trinajstić information content (AvgIpc) is 3.66. The molecule has 0 bridgehead atoms. The van der Waals surface area contributed by atoms with Gasteiger partial charge < -0.3 is 15.0 Å². The van der Waals surface area contributed by atoms with Crippen LogP contribution in [0.25, 0.3) is 33.5 Å². The molecule has 0 spiro atoms. The Morgan fingerprint density at radius 2 is 1.60 bits per heavy atom. The second kappa shape index (κ2) is 11.1. The van der Waals surface area contributed by atoms with Gasteiger partial charge in [-0.1, -0.05) is 66.7 Å². The zero-order chi connectivity index (χ0) is 28.5. The van der Waals surface area contributed by atoms with Crippen LogP contribution in [0.4, 0.5) is 0 Å². The highest BCUT2D eigenvalue weighted by Crippen LogP contribution is 2.30. The van der Waals surface area contributed by atoms with Crippen LogP contribution in [0.2, 0.25) is 0 Å². The zero-order valence-corrected chi connectivity index (χ0v) is 23.1. The average molecular weight is 558 g/mol. The van der Waals surface area contributed by atoms with Crippen molar-refractivity contribution in [1.82, 2.24) is 34.4 Å². The Morgan fingerprint density at radius 3 is 2.36 bits per heavy atom. The molecule has 0 aliphatic carbocycles. The fraction of sp³-hybridized carbons (Fsp3) is 0.212. The third-order valence-electron chi connectivity index (χ3n) is 8.14. The van der Waals surface area contributed by atoms with E-state index < -0.39 is 0 Å². The number of piperidine rings is 1. The van der Waals surface area contributed by atoms with E-state index in [1.54, 1.807) is 12.5 Å². The van der Waals surface area contributed by atoms with Crippen LogP contribution in [-0.4, -0.2) is 47.5 Å². The van der Waals surface area contributed by atoms with Gasteiger partial charge >= 0.3 is 5.69 Å². The van der Waals surface area contributed by atoms with Crippen molar-refractivity contribution in [1.29, 1.82) is 0 Å². The maximum absolute atomic E-state index is 13.1. The minimum absolute atomic E-state index is 0.0259. The third kappa shape index (κ3) is 5.10. The van der Waals surface area contributed by atoms with E-state index in [1.807, 2.05) is 59.2 Å². The summed E-state index contributed by atoms with van der Waals surface area (Å²) in [5.74, 6) is 0. The van der Waals surface area contributed by atoms with Crippen LogP contribution in [0.3, 0.4) is 0 Å². The van der Waals surface area contributed by atoms with E-state index in [4.69, 9.17) is 4.98 Å². The number of nitrogens with one attached hydrogen (secondary N) is 3. The summed E-state index contributed by atoms with van der Waals surface area (Å²) in [6, 6.07) is 26.4. The summed E-state index contributed by atoms with van der Waals surface area (Å²) in [6.45, 7) is 2.68. The lowest BCUT2D eigenvalue weighted by atomic mass is 10.0. The third-order valence-corrected chi connectivity index (χ3v) is 8.14. The molecular weight excluding hydrogens is 526 g/mol. The first-order chi connectivity index (χ1) is 20.6. The maximum atomic E-state index is 13.1. The van der Waals surface area contributed by atoms with Crippen molar-refractivity contribution in [2.24, 2.45) is 0 Å². The van der Waals surface area contributed by atoms with Crippen molar-refractivity contribution < 1.29 is 0 Å². The Balaban J connectivity index is 1.09. The lowest BCUT2D eigenvalue weighted by Gasteiger charge is -2.32. The SMILES string of the molecule is O=c1[nH]c(-c2ccc(CN3CCC(n4c(=O)[nH]c5ccccc54)CC3)cc2)c(-c2ccccc2)nc1Cc1cnc[nH]1. The van der Waals surface area contributed by atoms with Crippen molar-refractivity contribution >= 4 is 11.0 Å². The number of rotatable bonds is 7. The number of hydrogen-bond acceptors (Lipinski definition) is 5. The highest BCUT2D eigenvalue weighted by molar-refractivity contribution is 5.78. The van der Waals surface area contributed by atoms with E-state index in [-0.39, 0.29) is 17.3 Å². The van der Waals surface area contributed by atoms with Crippen LogP contribution in [0, 0.1) is 0 Å². The molecule has 6 aromatic rings. The van der Waals surface area contributed by atoms with Gasteiger partial charge in [-0.3, -0.25) is 14.3 Å². The van der Waals surface area contributed by atoms with Crippen LogP contribution in [0.15, 0.2) is 101 Å². The second-order valence-corrected chi connectivity index (χ2v) is 10.9. The van der Waals surface area contributed by atoms with Gasteiger partial charge in [0.2, 0.25) is 0 Å². The lowest BCUT2D eigenvalue weighted by molar-refractivity contribution is 0.180. The first-order valence-electron chi connectivity index (χ1n) is 14.3. The van der Waals surface area contributed by atoms with E-state index in [0.717, 1.165) is 66.0 Å². The number of likely N-dealkylation sites (tertiary alicyclic amines) is 1. The molecular formula is C33H31N7O2. The number of aromatic amines is 3. The monoisotopic (exact) mass is 557 g/mol. The molecule has 42 heavy (non-hydrogen) atoms. The second-order valence-electron chi connectivity index (χ2n) is 10.9. The topological polar surface area (TPSA) is 115 Å². The molecule has 0 atom stereocenters. The molecule has 0 unspecified atom stereocenters. The van der Waals surface area contributed by atoms with Crippen LogP contribution in [0.1, 0.15) is 35.8 Å².